The van der Waals surface area contributed by atoms with E-state index < -0.39 is 11.8 Å². The molecule has 0 atom stereocenters. The van der Waals surface area contributed by atoms with Crippen LogP contribution >= 0.6 is 23.2 Å². The molecule has 2 aromatic rings. The largest absolute Gasteiger partial charge is 0.329 e. The zero-order valence-electron chi connectivity index (χ0n) is 11.2. The van der Waals surface area contributed by atoms with Gasteiger partial charge in [0, 0.05) is 5.02 Å². The fourth-order valence-electron chi connectivity index (χ4n) is 1.53. The number of halogens is 2. The summed E-state index contributed by atoms with van der Waals surface area (Å²) in [5.41, 5.74) is 3.17. The number of benzene rings is 2. The number of hydrogen-bond acceptors (Lipinski definition) is 3. The fourth-order valence-corrected chi connectivity index (χ4v) is 1.86. The number of anilines is 1. The first-order chi connectivity index (χ1) is 10.6. The number of hydrogen-bond donors (Lipinski definition) is 2. The molecule has 112 valence electrons. The molecule has 0 spiro atoms. The minimum atomic E-state index is -0.914. The van der Waals surface area contributed by atoms with Gasteiger partial charge in [0.15, 0.2) is 0 Å². The molecular formula is C15H11Cl2N3O2. The Morgan fingerprint density at radius 2 is 1.73 bits per heavy atom. The van der Waals surface area contributed by atoms with Crippen LogP contribution in [0.5, 0.6) is 0 Å². The lowest BCUT2D eigenvalue weighted by atomic mass is 10.2. The molecule has 2 rings (SSSR count). The van der Waals surface area contributed by atoms with Crippen LogP contribution in [0.3, 0.4) is 0 Å². The maximum absolute atomic E-state index is 11.7. The molecule has 0 bridgehead atoms. The first-order valence-electron chi connectivity index (χ1n) is 6.21. The highest BCUT2D eigenvalue weighted by Crippen LogP contribution is 2.25. The Labute approximate surface area is 136 Å². The summed E-state index contributed by atoms with van der Waals surface area (Å²) in [4.78, 5) is 23.3. The number of nitrogens with zero attached hydrogens (tertiary/aromatic N) is 1. The molecule has 0 aromatic heterocycles. The third kappa shape index (κ3) is 4.58. The standard InChI is InChI=1S/C15H11Cl2N3O2/c16-11-6-7-12(17)13(8-11)19-14(21)15(22)20-18-9-10-4-2-1-3-5-10/h1-9H,(H,19,21)(H,20,22)/b18-9+. The predicted octanol–water partition coefficient (Wildman–Crippen LogP) is 3.08. The molecule has 0 aliphatic carbocycles. The normalized spacial score (nSPS) is 10.5. The van der Waals surface area contributed by atoms with Crippen LogP contribution < -0.4 is 10.7 Å². The molecule has 0 saturated heterocycles. The van der Waals surface area contributed by atoms with Gasteiger partial charge < -0.3 is 5.32 Å². The van der Waals surface area contributed by atoms with Crippen LogP contribution in [0.25, 0.3) is 0 Å². The van der Waals surface area contributed by atoms with E-state index in [1.54, 1.807) is 6.07 Å². The summed E-state index contributed by atoms with van der Waals surface area (Å²) in [7, 11) is 0. The van der Waals surface area contributed by atoms with E-state index in [9.17, 15) is 9.59 Å². The second-order valence-electron chi connectivity index (χ2n) is 4.19. The summed E-state index contributed by atoms with van der Waals surface area (Å²) in [5, 5.41) is 6.73. The summed E-state index contributed by atoms with van der Waals surface area (Å²) in [6.07, 6.45) is 1.43. The van der Waals surface area contributed by atoms with Crippen molar-refractivity contribution >= 4 is 46.9 Å². The molecule has 2 aromatic carbocycles. The van der Waals surface area contributed by atoms with E-state index in [1.807, 2.05) is 30.3 Å². The molecule has 0 fully saturated rings. The number of hydrazone groups is 1. The molecule has 7 heteroatoms. The minimum Gasteiger partial charge on any atom is -0.316 e. The van der Waals surface area contributed by atoms with Crippen LogP contribution in [0, 0.1) is 0 Å². The van der Waals surface area contributed by atoms with Crippen molar-refractivity contribution in [3.8, 4) is 0 Å². The Bertz CT molecular complexity index is 718. The van der Waals surface area contributed by atoms with Crippen molar-refractivity contribution in [2.45, 2.75) is 0 Å². The lowest BCUT2D eigenvalue weighted by Gasteiger charge is -2.06. The molecule has 0 radical (unpaired) electrons. The van der Waals surface area contributed by atoms with Gasteiger partial charge in [-0.1, -0.05) is 53.5 Å². The molecule has 0 aliphatic heterocycles. The van der Waals surface area contributed by atoms with Gasteiger partial charge in [0.1, 0.15) is 0 Å². The van der Waals surface area contributed by atoms with Crippen molar-refractivity contribution in [3.05, 3.63) is 64.1 Å². The number of nitrogens with one attached hydrogen (secondary N) is 2. The Balaban J connectivity index is 1.94. The summed E-state index contributed by atoms with van der Waals surface area (Å²) < 4.78 is 0. The van der Waals surface area contributed by atoms with Gasteiger partial charge in [0.2, 0.25) is 0 Å². The molecule has 0 heterocycles. The Morgan fingerprint density at radius 3 is 2.45 bits per heavy atom. The highest BCUT2D eigenvalue weighted by molar-refractivity contribution is 6.42. The zero-order valence-corrected chi connectivity index (χ0v) is 12.7. The van der Waals surface area contributed by atoms with E-state index in [4.69, 9.17) is 23.2 Å². The quantitative estimate of drug-likeness (QED) is 0.514. The first kappa shape index (κ1) is 16.0. The molecule has 0 aliphatic rings. The first-order valence-corrected chi connectivity index (χ1v) is 6.96. The van der Waals surface area contributed by atoms with Gasteiger partial charge in [-0.2, -0.15) is 5.10 Å². The molecule has 22 heavy (non-hydrogen) atoms. The lowest BCUT2D eigenvalue weighted by molar-refractivity contribution is -0.136. The highest BCUT2D eigenvalue weighted by Gasteiger charge is 2.14. The van der Waals surface area contributed by atoms with Crippen LogP contribution in [-0.4, -0.2) is 18.0 Å². The lowest BCUT2D eigenvalue weighted by Crippen LogP contribution is -2.32. The van der Waals surface area contributed by atoms with Crippen LogP contribution in [0.1, 0.15) is 5.56 Å². The minimum absolute atomic E-state index is 0.251. The summed E-state index contributed by atoms with van der Waals surface area (Å²) in [6, 6.07) is 13.7. The van der Waals surface area contributed by atoms with Gasteiger partial charge in [0.05, 0.1) is 16.9 Å². The van der Waals surface area contributed by atoms with E-state index in [0.29, 0.717) is 5.02 Å². The monoisotopic (exact) mass is 335 g/mol. The summed E-state index contributed by atoms with van der Waals surface area (Å²) >= 11 is 11.7. The maximum atomic E-state index is 11.7. The fraction of sp³-hybridized carbons (Fsp3) is 0. The van der Waals surface area contributed by atoms with E-state index in [0.717, 1.165) is 5.56 Å². The maximum Gasteiger partial charge on any atom is 0.329 e. The topological polar surface area (TPSA) is 70.6 Å². The smallest absolute Gasteiger partial charge is 0.316 e. The second kappa shape index (κ2) is 7.59. The molecule has 2 N–H and O–H groups in total. The van der Waals surface area contributed by atoms with Crippen LogP contribution in [0.15, 0.2) is 53.6 Å². The molecule has 2 amide bonds. The van der Waals surface area contributed by atoms with Gasteiger partial charge >= 0.3 is 11.8 Å². The van der Waals surface area contributed by atoms with Crippen molar-refractivity contribution in [1.29, 1.82) is 0 Å². The number of rotatable bonds is 3. The molecule has 0 unspecified atom stereocenters. The van der Waals surface area contributed by atoms with Gasteiger partial charge in [-0.3, -0.25) is 9.59 Å². The second-order valence-corrected chi connectivity index (χ2v) is 5.03. The van der Waals surface area contributed by atoms with Crippen molar-refractivity contribution in [2.24, 2.45) is 5.10 Å². The third-order valence-corrected chi connectivity index (χ3v) is 3.13. The Hall–Kier alpha value is -2.37. The van der Waals surface area contributed by atoms with E-state index in [1.165, 1.54) is 18.3 Å². The van der Waals surface area contributed by atoms with Gasteiger partial charge in [-0.05, 0) is 23.8 Å². The average molecular weight is 336 g/mol. The van der Waals surface area contributed by atoms with Gasteiger partial charge in [0.25, 0.3) is 0 Å². The molecular weight excluding hydrogens is 325 g/mol. The zero-order chi connectivity index (χ0) is 15.9. The van der Waals surface area contributed by atoms with Crippen LogP contribution in [0.2, 0.25) is 10.0 Å². The number of carbonyl (C=O) groups is 2. The van der Waals surface area contributed by atoms with E-state index in [-0.39, 0.29) is 10.7 Å². The van der Waals surface area contributed by atoms with Crippen molar-refractivity contribution in [3.63, 3.8) is 0 Å². The van der Waals surface area contributed by atoms with E-state index >= 15 is 0 Å². The SMILES string of the molecule is O=C(N/N=C/c1ccccc1)C(=O)Nc1cc(Cl)ccc1Cl. The van der Waals surface area contributed by atoms with Gasteiger partial charge in [-0.25, -0.2) is 5.43 Å². The molecule has 0 saturated carbocycles. The van der Waals surface area contributed by atoms with Crippen LogP contribution in [-0.2, 0) is 9.59 Å². The number of carbonyl (C=O) groups excluding carboxylic acids is 2. The van der Waals surface area contributed by atoms with Crippen molar-refractivity contribution in [2.75, 3.05) is 5.32 Å². The molecule has 5 nitrogen and oxygen atoms in total. The predicted molar refractivity (Wildman–Crippen MR) is 87.3 cm³/mol. The third-order valence-electron chi connectivity index (χ3n) is 2.56. The average Bonchev–Trinajstić information content (AvgIpc) is 2.52. The Morgan fingerprint density at radius 1 is 1.00 bits per heavy atom. The summed E-state index contributed by atoms with van der Waals surface area (Å²) in [5.74, 6) is -1.81. The highest BCUT2D eigenvalue weighted by atomic mass is 35.5. The van der Waals surface area contributed by atoms with Crippen LogP contribution in [0.4, 0.5) is 5.69 Å². The van der Waals surface area contributed by atoms with Crippen molar-refractivity contribution in [1.82, 2.24) is 5.43 Å². The van der Waals surface area contributed by atoms with Gasteiger partial charge in [-0.15, -0.1) is 0 Å². The Kier molecular flexibility index (Phi) is 5.52. The summed E-state index contributed by atoms with van der Waals surface area (Å²) in [6.45, 7) is 0. The number of amides is 2. The van der Waals surface area contributed by atoms with E-state index in [2.05, 4.69) is 15.8 Å². The van der Waals surface area contributed by atoms with Crippen molar-refractivity contribution < 1.29 is 9.59 Å².